The smallest absolute Gasteiger partial charge is 0.261 e. The Balaban J connectivity index is 1.57. The zero-order valence-electron chi connectivity index (χ0n) is 19.9. The van der Waals surface area contributed by atoms with Gasteiger partial charge in [-0.1, -0.05) is 49.2 Å². The molecule has 4 rings (SSSR count). The summed E-state index contributed by atoms with van der Waals surface area (Å²) in [6.07, 6.45) is 4.61. The van der Waals surface area contributed by atoms with E-state index < -0.39 is 6.04 Å². The quantitative estimate of drug-likeness (QED) is 0.442. The minimum absolute atomic E-state index is 0.102. The van der Waals surface area contributed by atoms with E-state index in [4.69, 9.17) is 4.42 Å². The van der Waals surface area contributed by atoms with Crippen molar-refractivity contribution in [1.29, 1.82) is 0 Å². The minimum Gasteiger partial charge on any atom is -0.464 e. The summed E-state index contributed by atoms with van der Waals surface area (Å²) >= 11 is 1.31. The third kappa shape index (κ3) is 6.60. The molecule has 0 bridgehead atoms. The Bertz CT molecular complexity index is 1120. The molecule has 1 saturated carbocycles. The third-order valence-corrected chi connectivity index (χ3v) is 7.11. The lowest BCUT2D eigenvalue weighted by atomic mass is 10.1. The number of benzene rings is 1. The number of amides is 3. The van der Waals surface area contributed by atoms with Gasteiger partial charge in [0.2, 0.25) is 5.91 Å². The van der Waals surface area contributed by atoms with Crippen molar-refractivity contribution in [2.45, 2.75) is 51.1 Å². The fourth-order valence-electron chi connectivity index (χ4n) is 4.42. The SMILES string of the molecule is Cc1ccc(C(C(=O)NC2CCCC2)N(CCc2ccccc2)C(=O)CNC(=O)c2cccs2)o1. The molecule has 2 N–H and O–H groups in total. The molecule has 1 atom stereocenters. The van der Waals surface area contributed by atoms with Crippen LogP contribution in [-0.4, -0.2) is 41.8 Å². The number of hydrogen-bond donors (Lipinski definition) is 2. The number of aryl methyl sites for hydroxylation is 1. The van der Waals surface area contributed by atoms with Gasteiger partial charge in [-0.2, -0.15) is 0 Å². The molecule has 1 fully saturated rings. The van der Waals surface area contributed by atoms with Crippen LogP contribution in [0.15, 0.2) is 64.4 Å². The van der Waals surface area contributed by atoms with Crippen molar-refractivity contribution < 1.29 is 18.8 Å². The van der Waals surface area contributed by atoms with Crippen LogP contribution < -0.4 is 10.6 Å². The van der Waals surface area contributed by atoms with Gasteiger partial charge in [-0.15, -0.1) is 11.3 Å². The molecule has 7 nitrogen and oxygen atoms in total. The third-order valence-electron chi connectivity index (χ3n) is 6.24. The number of nitrogens with zero attached hydrogens (tertiary/aromatic N) is 1. The first-order valence-electron chi connectivity index (χ1n) is 12.0. The number of nitrogens with one attached hydrogen (secondary N) is 2. The van der Waals surface area contributed by atoms with Crippen molar-refractivity contribution in [3.8, 4) is 0 Å². The second-order valence-corrected chi connectivity index (χ2v) is 9.77. The van der Waals surface area contributed by atoms with Gasteiger partial charge in [0.25, 0.3) is 11.8 Å². The van der Waals surface area contributed by atoms with Crippen LogP contribution in [0.5, 0.6) is 0 Å². The van der Waals surface area contributed by atoms with E-state index in [0.29, 0.717) is 29.4 Å². The summed E-state index contributed by atoms with van der Waals surface area (Å²) in [7, 11) is 0. The van der Waals surface area contributed by atoms with Crippen molar-refractivity contribution in [2.75, 3.05) is 13.1 Å². The van der Waals surface area contributed by atoms with E-state index in [1.807, 2.05) is 42.6 Å². The summed E-state index contributed by atoms with van der Waals surface area (Å²) < 4.78 is 5.86. The Hall–Kier alpha value is -3.39. The summed E-state index contributed by atoms with van der Waals surface area (Å²) in [6.45, 7) is 1.91. The summed E-state index contributed by atoms with van der Waals surface area (Å²) in [5.41, 5.74) is 1.05. The molecule has 1 aliphatic carbocycles. The summed E-state index contributed by atoms with van der Waals surface area (Å²) in [5, 5.41) is 7.65. The highest BCUT2D eigenvalue weighted by Gasteiger charge is 2.35. The molecule has 0 saturated heterocycles. The zero-order chi connectivity index (χ0) is 24.6. The van der Waals surface area contributed by atoms with E-state index >= 15 is 0 Å². The number of carbonyl (C=O) groups is 3. The minimum atomic E-state index is -0.917. The standard InChI is InChI=1S/C27H31N3O4S/c1-19-13-14-22(34-19)25(27(33)29-21-10-5-6-11-21)30(16-15-20-8-3-2-4-9-20)24(31)18-28-26(32)23-12-7-17-35-23/h2-4,7-9,12-14,17,21,25H,5-6,10-11,15-16,18H2,1H3,(H,28,32)(H,29,33). The molecule has 1 aromatic carbocycles. The van der Waals surface area contributed by atoms with Crippen LogP contribution in [0.25, 0.3) is 0 Å². The van der Waals surface area contributed by atoms with Gasteiger partial charge in [-0.25, -0.2) is 0 Å². The van der Waals surface area contributed by atoms with Crippen LogP contribution in [0.3, 0.4) is 0 Å². The van der Waals surface area contributed by atoms with Crippen molar-refractivity contribution in [1.82, 2.24) is 15.5 Å². The lowest BCUT2D eigenvalue weighted by Gasteiger charge is -2.31. The monoisotopic (exact) mass is 493 g/mol. The lowest BCUT2D eigenvalue weighted by Crippen LogP contribution is -2.49. The molecule has 3 amide bonds. The summed E-state index contributed by atoms with van der Waals surface area (Å²) in [5.74, 6) is 0.185. The average molecular weight is 494 g/mol. The molecule has 35 heavy (non-hydrogen) atoms. The lowest BCUT2D eigenvalue weighted by molar-refractivity contribution is -0.141. The van der Waals surface area contributed by atoms with Gasteiger partial charge < -0.3 is 20.0 Å². The first-order chi connectivity index (χ1) is 17.0. The molecular formula is C27H31N3O4S. The Morgan fingerprint density at radius 3 is 2.49 bits per heavy atom. The molecule has 0 aliphatic heterocycles. The Morgan fingerprint density at radius 1 is 1.06 bits per heavy atom. The first kappa shape index (κ1) is 24.7. The first-order valence-corrected chi connectivity index (χ1v) is 12.9. The second-order valence-electron chi connectivity index (χ2n) is 8.82. The maximum atomic E-state index is 13.5. The molecule has 1 unspecified atom stereocenters. The van der Waals surface area contributed by atoms with Gasteiger partial charge in [-0.3, -0.25) is 14.4 Å². The molecule has 2 heterocycles. The Morgan fingerprint density at radius 2 is 1.83 bits per heavy atom. The molecule has 8 heteroatoms. The van der Waals surface area contributed by atoms with Crippen LogP contribution in [-0.2, 0) is 16.0 Å². The van der Waals surface area contributed by atoms with Crippen LogP contribution >= 0.6 is 11.3 Å². The predicted octanol–water partition coefficient (Wildman–Crippen LogP) is 4.25. The largest absolute Gasteiger partial charge is 0.464 e. The summed E-state index contributed by atoms with van der Waals surface area (Å²) in [6, 6.07) is 16.0. The van der Waals surface area contributed by atoms with Gasteiger partial charge in [-0.05, 0) is 55.3 Å². The van der Waals surface area contributed by atoms with Crippen LogP contribution in [0, 0.1) is 6.92 Å². The fourth-order valence-corrected chi connectivity index (χ4v) is 5.06. The van der Waals surface area contributed by atoms with Crippen molar-refractivity contribution in [2.24, 2.45) is 0 Å². The number of thiophene rings is 1. The second kappa shape index (κ2) is 11.8. The van der Waals surface area contributed by atoms with Crippen molar-refractivity contribution in [3.63, 3.8) is 0 Å². The Labute approximate surface area is 209 Å². The maximum absolute atomic E-state index is 13.5. The highest BCUT2D eigenvalue weighted by molar-refractivity contribution is 7.12. The molecular weight excluding hydrogens is 462 g/mol. The summed E-state index contributed by atoms with van der Waals surface area (Å²) in [4.78, 5) is 41.6. The van der Waals surface area contributed by atoms with E-state index in [-0.39, 0.29) is 30.3 Å². The van der Waals surface area contributed by atoms with Crippen LogP contribution in [0.2, 0.25) is 0 Å². The van der Waals surface area contributed by atoms with Gasteiger partial charge in [0.1, 0.15) is 11.5 Å². The molecule has 184 valence electrons. The van der Waals surface area contributed by atoms with E-state index in [9.17, 15) is 14.4 Å². The molecule has 0 spiro atoms. The predicted molar refractivity (Wildman–Crippen MR) is 135 cm³/mol. The van der Waals surface area contributed by atoms with Crippen LogP contribution in [0.1, 0.15) is 58.5 Å². The number of hydrogen-bond acceptors (Lipinski definition) is 5. The van der Waals surface area contributed by atoms with Crippen molar-refractivity contribution in [3.05, 3.63) is 81.9 Å². The average Bonchev–Trinajstić information content (AvgIpc) is 3.64. The maximum Gasteiger partial charge on any atom is 0.261 e. The van der Waals surface area contributed by atoms with Gasteiger partial charge in [0.15, 0.2) is 6.04 Å². The highest BCUT2D eigenvalue weighted by Crippen LogP contribution is 2.26. The number of furan rings is 1. The van der Waals surface area contributed by atoms with E-state index in [2.05, 4.69) is 10.6 Å². The van der Waals surface area contributed by atoms with E-state index in [1.165, 1.54) is 16.2 Å². The van der Waals surface area contributed by atoms with Crippen LogP contribution in [0.4, 0.5) is 0 Å². The van der Waals surface area contributed by atoms with Gasteiger partial charge in [0.05, 0.1) is 11.4 Å². The van der Waals surface area contributed by atoms with E-state index in [1.54, 1.807) is 24.3 Å². The molecule has 0 radical (unpaired) electrons. The fraction of sp³-hybridized carbons (Fsp3) is 0.370. The molecule has 1 aliphatic rings. The van der Waals surface area contributed by atoms with E-state index in [0.717, 1.165) is 31.2 Å². The Kier molecular flexibility index (Phi) is 8.36. The number of carbonyl (C=O) groups excluding carboxylic acids is 3. The topological polar surface area (TPSA) is 91.7 Å². The zero-order valence-corrected chi connectivity index (χ0v) is 20.7. The van der Waals surface area contributed by atoms with Crippen molar-refractivity contribution >= 4 is 29.1 Å². The highest BCUT2D eigenvalue weighted by atomic mass is 32.1. The molecule has 3 aromatic rings. The van der Waals surface area contributed by atoms with Gasteiger partial charge in [0, 0.05) is 12.6 Å². The molecule has 2 aromatic heterocycles. The normalized spacial score (nSPS) is 14.4. The van der Waals surface area contributed by atoms with Gasteiger partial charge >= 0.3 is 0 Å². The number of rotatable bonds is 10.